The first-order valence-corrected chi connectivity index (χ1v) is 7.53. The van der Waals surface area contributed by atoms with E-state index in [2.05, 4.69) is 5.32 Å². The highest BCUT2D eigenvalue weighted by Crippen LogP contribution is 2.20. The number of phenolic OH excluding ortho intramolecular Hbond substituents is 1. The number of esters is 1. The van der Waals surface area contributed by atoms with Crippen LogP contribution in [0.3, 0.4) is 0 Å². The van der Waals surface area contributed by atoms with Crippen LogP contribution in [0.1, 0.15) is 15.9 Å². The van der Waals surface area contributed by atoms with Crippen LogP contribution in [-0.2, 0) is 9.53 Å². The molecular formula is C16H11IN2O4. The van der Waals surface area contributed by atoms with E-state index in [9.17, 15) is 14.7 Å². The molecule has 0 unspecified atom stereocenters. The third-order valence-corrected chi connectivity index (χ3v) is 3.48. The van der Waals surface area contributed by atoms with E-state index in [1.54, 1.807) is 30.3 Å². The van der Waals surface area contributed by atoms with Gasteiger partial charge in [0.1, 0.15) is 11.3 Å². The Morgan fingerprint density at radius 2 is 1.91 bits per heavy atom. The van der Waals surface area contributed by atoms with E-state index in [0.717, 1.165) is 3.57 Å². The SMILES string of the molecule is N#Cc1ccc(NC(=O)COC(=O)c2cc(I)ccc2O)cc1. The second-order valence-corrected chi connectivity index (χ2v) is 5.72. The number of carbonyl (C=O) groups is 2. The van der Waals surface area contributed by atoms with Gasteiger partial charge in [-0.2, -0.15) is 5.26 Å². The van der Waals surface area contributed by atoms with Crippen LogP contribution < -0.4 is 5.32 Å². The van der Waals surface area contributed by atoms with Gasteiger partial charge in [-0.3, -0.25) is 4.79 Å². The first-order chi connectivity index (χ1) is 11.0. The number of hydrogen-bond donors (Lipinski definition) is 2. The molecule has 0 aromatic heterocycles. The summed E-state index contributed by atoms with van der Waals surface area (Å²) in [5.41, 5.74) is 0.966. The first-order valence-electron chi connectivity index (χ1n) is 6.45. The number of amides is 1. The summed E-state index contributed by atoms with van der Waals surface area (Å²) in [5.74, 6) is -1.51. The smallest absolute Gasteiger partial charge is 0.342 e. The van der Waals surface area contributed by atoms with Crippen molar-refractivity contribution in [2.24, 2.45) is 0 Å². The molecule has 0 spiro atoms. The fourth-order valence-electron chi connectivity index (χ4n) is 1.71. The van der Waals surface area contributed by atoms with Gasteiger partial charge in [0, 0.05) is 9.26 Å². The molecule has 0 atom stereocenters. The minimum Gasteiger partial charge on any atom is -0.507 e. The molecule has 0 aliphatic heterocycles. The molecule has 2 aromatic carbocycles. The number of ether oxygens (including phenoxy) is 1. The van der Waals surface area contributed by atoms with Gasteiger partial charge in [0.15, 0.2) is 6.61 Å². The average molecular weight is 422 g/mol. The predicted molar refractivity (Wildman–Crippen MR) is 90.9 cm³/mol. The molecule has 0 aliphatic carbocycles. The van der Waals surface area contributed by atoms with Crippen molar-refractivity contribution in [3.05, 3.63) is 57.2 Å². The van der Waals surface area contributed by atoms with Gasteiger partial charge in [-0.05, 0) is 65.1 Å². The summed E-state index contributed by atoms with van der Waals surface area (Å²) in [4.78, 5) is 23.6. The van der Waals surface area contributed by atoms with Gasteiger partial charge in [0.25, 0.3) is 5.91 Å². The average Bonchev–Trinajstić information content (AvgIpc) is 2.55. The van der Waals surface area contributed by atoms with Crippen molar-refractivity contribution in [1.29, 1.82) is 5.26 Å². The standard InChI is InChI=1S/C16H11IN2O4/c17-11-3-6-14(20)13(7-11)16(22)23-9-15(21)19-12-4-1-10(8-18)2-5-12/h1-7,20H,9H2,(H,19,21). The van der Waals surface area contributed by atoms with Crippen molar-refractivity contribution in [2.45, 2.75) is 0 Å². The lowest BCUT2D eigenvalue weighted by Crippen LogP contribution is -2.21. The number of aromatic hydroxyl groups is 1. The zero-order valence-corrected chi connectivity index (χ0v) is 13.9. The van der Waals surface area contributed by atoms with Crippen LogP contribution in [0.25, 0.3) is 0 Å². The lowest BCUT2D eigenvalue weighted by molar-refractivity contribution is -0.119. The van der Waals surface area contributed by atoms with Gasteiger partial charge in [0.05, 0.1) is 11.6 Å². The van der Waals surface area contributed by atoms with Crippen molar-refractivity contribution >= 4 is 40.2 Å². The van der Waals surface area contributed by atoms with Crippen LogP contribution in [0, 0.1) is 14.9 Å². The number of phenols is 1. The monoisotopic (exact) mass is 422 g/mol. The molecule has 6 nitrogen and oxygen atoms in total. The van der Waals surface area contributed by atoms with E-state index in [1.165, 1.54) is 12.1 Å². The van der Waals surface area contributed by atoms with E-state index in [-0.39, 0.29) is 11.3 Å². The maximum atomic E-state index is 11.9. The molecule has 116 valence electrons. The molecule has 0 aliphatic rings. The highest BCUT2D eigenvalue weighted by molar-refractivity contribution is 14.1. The zero-order chi connectivity index (χ0) is 16.8. The minimum atomic E-state index is -0.781. The molecule has 7 heteroatoms. The molecule has 0 saturated carbocycles. The van der Waals surface area contributed by atoms with Gasteiger partial charge >= 0.3 is 5.97 Å². The number of nitrogens with one attached hydrogen (secondary N) is 1. The normalized spacial score (nSPS) is 9.74. The largest absolute Gasteiger partial charge is 0.507 e. The Labute approximate surface area is 145 Å². The van der Waals surface area contributed by atoms with Crippen LogP contribution >= 0.6 is 22.6 Å². The van der Waals surface area contributed by atoms with Crippen molar-refractivity contribution < 1.29 is 19.4 Å². The molecule has 0 radical (unpaired) electrons. The summed E-state index contributed by atoms with van der Waals surface area (Å²) < 4.78 is 5.63. The maximum Gasteiger partial charge on any atom is 0.342 e. The summed E-state index contributed by atoms with van der Waals surface area (Å²) in [6.07, 6.45) is 0. The number of anilines is 1. The third kappa shape index (κ3) is 4.69. The fraction of sp³-hybridized carbons (Fsp3) is 0.0625. The van der Waals surface area contributed by atoms with Gasteiger partial charge in [-0.1, -0.05) is 0 Å². The molecule has 0 saturated heterocycles. The Morgan fingerprint density at radius 1 is 1.22 bits per heavy atom. The van der Waals surface area contributed by atoms with E-state index in [1.807, 2.05) is 28.7 Å². The Balaban J connectivity index is 1.92. The summed E-state index contributed by atoms with van der Waals surface area (Å²) >= 11 is 2.00. The molecule has 2 rings (SSSR count). The summed E-state index contributed by atoms with van der Waals surface area (Å²) in [6, 6.07) is 12.7. The predicted octanol–water partition coefficient (Wildman–Crippen LogP) is 2.66. The number of hydrogen-bond acceptors (Lipinski definition) is 5. The van der Waals surface area contributed by atoms with Crippen LogP contribution in [0.15, 0.2) is 42.5 Å². The highest BCUT2D eigenvalue weighted by atomic mass is 127. The molecule has 0 fully saturated rings. The van der Waals surface area contributed by atoms with Gasteiger partial charge in [0.2, 0.25) is 0 Å². The number of nitriles is 1. The van der Waals surface area contributed by atoms with Gasteiger partial charge in [-0.25, -0.2) is 4.79 Å². The quantitative estimate of drug-likeness (QED) is 0.583. The third-order valence-electron chi connectivity index (χ3n) is 2.81. The molecule has 0 heterocycles. The lowest BCUT2D eigenvalue weighted by Gasteiger charge is -2.08. The second-order valence-electron chi connectivity index (χ2n) is 4.47. The number of carbonyl (C=O) groups excluding carboxylic acids is 2. The zero-order valence-electron chi connectivity index (χ0n) is 11.7. The second kappa shape index (κ2) is 7.60. The minimum absolute atomic E-state index is 0.00285. The molecule has 1 amide bonds. The first kappa shape index (κ1) is 16.8. The number of benzene rings is 2. The van der Waals surface area contributed by atoms with E-state index < -0.39 is 18.5 Å². The Bertz CT molecular complexity index is 782. The number of rotatable bonds is 4. The molecule has 2 aromatic rings. The molecular weight excluding hydrogens is 411 g/mol. The highest BCUT2D eigenvalue weighted by Gasteiger charge is 2.15. The van der Waals surface area contributed by atoms with Gasteiger partial charge in [-0.15, -0.1) is 0 Å². The van der Waals surface area contributed by atoms with Crippen molar-refractivity contribution in [3.63, 3.8) is 0 Å². The lowest BCUT2D eigenvalue weighted by atomic mass is 10.2. The topological polar surface area (TPSA) is 99.4 Å². The van der Waals surface area contributed by atoms with E-state index in [0.29, 0.717) is 11.3 Å². The molecule has 2 N–H and O–H groups in total. The van der Waals surface area contributed by atoms with Crippen molar-refractivity contribution in [3.8, 4) is 11.8 Å². The number of nitrogens with zero attached hydrogens (tertiary/aromatic N) is 1. The molecule has 0 bridgehead atoms. The van der Waals surface area contributed by atoms with Crippen molar-refractivity contribution in [2.75, 3.05) is 11.9 Å². The van der Waals surface area contributed by atoms with Crippen molar-refractivity contribution in [1.82, 2.24) is 0 Å². The van der Waals surface area contributed by atoms with Crippen LogP contribution in [-0.4, -0.2) is 23.6 Å². The Morgan fingerprint density at radius 3 is 2.57 bits per heavy atom. The molecule has 23 heavy (non-hydrogen) atoms. The number of halogens is 1. The van der Waals surface area contributed by atoms with Gasteiger partial charge < -0.3 is 15.2 Å². The Hall–Kier alpha value is -2.60. The maximum absolute atomic E-state index is 11.9. The van der Waals surface area contributed by atoms with Crippen LogP contribution in [0.4, 0.5) is 5.69 Å². The fourth-order valence-corrected chi connectivity index (χ4v) is 2.20. The van der Waals surface area contributed by atoms with E-state index >= 15 is 0 Å². The summed E-state index contributed by atoms with van der Waals surface area (Å²) in [5, 5.41) is 20.9. The summed E-state index contributed by atoms with van der Waals surface area (Å²) in [7, 11) is 0. The van der Waals surface area contributed by atoms with Crippen LogP contribution in [0.5, 0.6) is 5.75 Å². The summed E-state index contributed by atoms with van der Waals surface area (Å²) in [6.45, 7) is -0.482. The van der Waals surface area contributed by atoms with Crippen LogP contribution in [0.2, 0.25) is 0 Å². The Kier molecular flexibility index (Phi) is 5.54. The van der Waals surface area contributed by atoms with E-state index in [4.69, 9.17) is 10.00 Å².